The topological polar surface area (TPSA) is 85.2 Å². The Morgan fingerprint density at radius 2 is 2.11 bits per heavy atom. The van der Waals surface area contributed by atoms with Crippen LogP contribution in [0.3, 0.4) is 0 Å². The third kappa shape index (κ3) is 4.39. The first-order valence-corrected chi connectivity index (χ1v) is 9.67. The molecular formula is C21H26N6O. The molecule has 0 saturated carbocycles. The molecule has 3 heterocycles. The fourth-order valence-electron chi connectivity index (χ4n) is 3.70. The van der Waals surface area contributed by atoms with Gasteiger partial charge in [0.05, 0.1) is 11.6 Å². The number of anilines is 1. The number of rotatable bonds is 5. The van der Waals surface area contributed by atoms with E-state index in [1.54, 1.807) is 29.4 Å². The highest BCUT2D eigenvalue weighted by atomic mass is 16.2. The van der Waals surface area contributed by atoms with Crippen molar-refractivity contribution in [3.8, 4) is 6.07 Å². The highest BCUT2D eigenvalue weighted by Crippen LogP contribution is 2.24. The number of pyridine rings is 2. The molecule has 7 heteroatoms. The number of aromatic nitrogens is 2. The summed E-state index contributed by atoms with van der Waals surface area (Å²) < 4.78 is 0. The molecule has 0 aliphatic carbocycles. The number of hydrogen-bond donors (Lipinski definition) is 1. The Morgan fingerprint density at radius 1 is 1.36 bits per heavy atom. The molecule has 1 aliphatic heterocycles. The van der Waals surface area contributed by atoms with E-state index in [4.69, 9.17) is 0 Å². The quantitative estimate of drug-likeness (QED) is 0.864. The van der Waals surface area contributed by atoms with E-state index < -0.39 is 0 Å². The Bertz CT molecular complexity index is 826. The predicted octanol–water partition coefficient (Wildman–Crippen LogP) is 3.11. The zero-order valence-corrected chi connectivity index (χ0v) is 16.4. The van der Waals surface area contributed by atoms with Crippen molar-refractivity contribution in [1.82, 2.24) is 20.2 Å². The fraction of sp³-hybridized carbons (Fsp3) is 0.429. The first-order valence-electron chi connectivity index (χ1n) is 9.67. The van der Waals surface area contributed by atoms with Crippen LogP contribution in [0.25, 0.3) is 0 Å². The van der Waals surface area contributed by atoms with E-state index in [0.29, 0.717) is 5.56 Å². The molecule has 1 fully saturated rings. The van der Waals surface area contributed by atoms with Gasteiger partial charge in [-0.2, -0.15) is 5.26 Å². The molecule has 1 saturated heterocycles. The van der Waals surface area contributed by atoms with Gasteiger partial charge in [0.1, 0.15) is 11.9 Å². The molecule has 2 amide bonds. The van der Waals surface area contributed by atoms with Crippen molar-refractivity contribution in [2.45, 2.75) is 38.3 Å². The molecule has 0 bridgehead atoms. The van der Waals surface area contributed by atoms with Gasteiger partial charge in [-0.1, -0.05) is 13.0 Å². The van der Waals surface area contributed by atoms with Gasteiger partial charge in [0.25, 0.3) is 0 Å². The molecule has 1 unspecified atom stereocenters. The van der Waals surface area contributed by atoms with Crippen LogP contribution in [0.15, 0.2) is 42.9 Å². The Kier molecular flexibility index (Phi) is 6.43. The van der Waals surface area contributed by atoms with Crippen LogP contribution in [0, 0.1) is 11.3 Å². The zero-order valence-electron chi connectivity index (χ0n) is 16.4. The van der Waals surface area contributed by atoms with E-state index in [2.05, 4.69) is 33.2 Å². The lowest BCUT2D eigenvalue weighted by molar-refractivity contribution is 0.182. The predicted molar refractivity (Wildman–Crippen MR) is 108 cm³/mol. The number of amides is 2. The number of carbonyl (C=O) groups is 1. The largest absolute Gasteiger partial charge is 0.355 e. The summed E-state index contributed by atoms with van der Waals surface area (Å²) in [5.74, 6) is 0.731. The first-order chi connectivity index (χ1) is 13.6. The Morgan fingerprint density at radius 3 is 2.75 bits per heavy atom. The van der Waals surface area contributed by atoms with E-state index in [1.165, 1.54) is 0 Å². The van der Waals surface area contributed by atoms with Crippen LogP contribution in [0.1, 0.15) is 43.4 Å². The van der Waals surface area contributed by atoms with E-state index in [-0.39, 0.29) is 18.1 Å². The van der Waals surface area contributed by atoms with Crippen LogP contribution in [-0.2, 0) is 0 Å². The number of nitrogens with zero attached hydrogens (tertiary/aromatic N) is 5. The van der Waals surface area contributed by atoms with E-state index in [9.17, 15) is 10.1 Å². The second kappa shape index (κ2) is 9.18. The molecule has 3 rings (SSSR count). The summed E-state index contributed by atoms with van der Waals surface area (Å²) >= 11 is 0. The Labute approximate surface area is 166 Å². The van der Waals surface area contributed by atoms with Crippen molar-refractivity contribution in [2.75, 3.05) is 25.0 Å². The number of urea groups is 1. The van der Waals surface area contributed by atoms with Crippen molar-refractivity contribution in [1.29, 1.82) is 5.26 Å². The standard InChI is InChI=1S/C21H26N6O/c1-3-19(17-7-4-10-23-15-17)26(2)21(28)25-18-8-12-27(13-9-18)20-16(14-22)6-5-11-24-20/h4-7,10-11,15,18-19H,3,8-9,12-13H2,1-2H3,(H,25,28). The maximum Gasteiger partial charge on any atom is 0.317 e. The average Bonchev–Trinajstić information content (AvgIpc) is 2.75. The minimum Gasteiger partial charge on any atom is -0.355 e. The SMILES string of the molecule is CCC(c1cccnc1)N(C)C(=O)NC1CCN(c2ncccc2C#N)CC1. The molecule has 2 aromatic rings. The van der Waals surface area contributed by atoms with Crippen molar-refractivity contribution in [2.24, 2.45) is 0 Å². The molecule has 28 heavy (non-hydrogen) atoms. The van der Waals surface area contributed by atoms with Crippen LogP contribution in [0.4, 0.5) is 10.6 Å². The third-order valence-corrected chi connectivity index (χ3v) is 5.27. The minimum absolute atomic E-state index is 0.000458. The van der Waals surface area contributed by atoms with Gasteiger partial charge in [0, 0.05) is 44.8 Å². The monoisotopic (exact) mass is 378 g/mol. The maximum atomic E-state index is 12.8. The van der Waals surface area contributed by atoms with Crippen molar-refractivity contribution < 1.29 is 4.79 Å². The lowest BCUT2D eigenvalue weighted by Crippen LogP contribution is -2.49. The van der Waals surface area contributed by atoms with Crippen molar-refractivity contribution in [3.63, 3.8) is 0 Å². The summed E-state index contributed by atoms with van der Waals surface area (Å²) in [5.41, 5.74) is 1.63. The number of piperidine rings is 1. The first kappa shape index (κ1) is 19.6. The fourth-order valence-corrected chi connectivity index (χ4v) is 3.70. The second-order valence-corrected chi connectivity index (χ2v) is 7.02. The number of hydrogen-bond acceptors (Lipinski definition) is 5. The van der Waals surface area contributed by atoms with Crippen LogP contribution in [-0.4, -0.2) is 47.1 Å². The summed E-state index contributed by atoms with van der Waals surface area (Å²) in [5, 5.41) is 12.4. The highest BCUT2D eigenvalue weighted by Gasteiger charge is 2.26. The summed E-state index contributed by atoms with van der Waals surface area (Å²) in [4.78, 5) is 25.2. The second-order valence-electron chi connectivity index (χ2n) is 7.02. The highest BCUT2D eigenvalue weighted by molar-refractivity contribution is 5.74. The van der Waals surface area contributed by atoms with Gasteiger partial charge < -0.3 is 15.1 Å². The Hall–Kier alpha value is -3.14. The van der Waals surface area contributed by atoms with Gasteiger partial charge in [0.15, 0.2) is 0 Å². The number of nitrogens with one attached hydrogen (secondary N) is 1. The van der Waals surface area contributed by atoms with Gasteiger partial charge in [-0.3, -0.25) is 4.98 Å². The van der Waals surface area contributed by atoms with Crippen molar-refractivity contribution >= 4 is 11.8 Å². The molecule has 146 valence electrons. The molecule has 1 N–H and O–H groups in total. The van der Waals surface area contributed by atoms with Gasteiger partial charge in [-0.25, -0.2) is 9.78 Å². The molecular weight excluding hydrogens is 352 g/mol. The van der Waals surface area contributed by atoms with Crippen LogP contribution in [0.2, 0.25) is 0 Å². The van der Waals surface area contributed by atoms with E-state index in [1.807, 2.05) is 25.4 Å². The molecule has 0 radical (unpaired) electrons. The number of carbonyl (C=O) groups excluding carboxylic acids is 1. The summed E-state index contributed by atoms with van der Waals surface area (Å²) in [6.07, 6.45) is 7.74. The summed E-state index contributed by atoms with van der Waals surface area (Å²) in [7, 11) is 1.83. The van der Waals surface area contributed by atoms with Gasteiger partial charge in [0.2, 0.25) is 0 Å². The maximum absolute atomic E-state index is 12.8. The van der Waals surface area contributed by atoms with Crippen LogP contribution < -0.4 is 10.2 Å². The zero-order chi connectivity index (χ0) is 19.9. The van der Waals surface area contributed by atoms with Gasteiger partial charge in [-0.05, 0) is 43.0 Å². The smallest absolute Gasteiger partial charge is 0.317 e. The van der Waals surface area contributed by atoms with Crippen molar-refractivity contribution in [3.05, 3.63) is 54.0 Å². The van der Waals surface area contributed by atoms with Gasteiger partial charge >= 0.3 is 6.03 Å². The normalized spacial score (nSPS) is 15.5. The molecule has 1 atom stereocenters. The lowest BCUT2D eigenvalue weighted by atomic mass is 10.0. The third-order valence-electron chi connectivity index (χ3n) is 5.27. The molecule has 7 nitrogen and oxygen atoms in total. The molecule has 0 spiro atoms. The number of nitriles is 1. The lowest BCUT2D eigenvalue weighted by Gasteiger charge is -2.35. The molecule has 2 aromatic heterocycles. The van der Waals surface area contributed by atoms with E-state index >= 15 is 0 Å². The molecule has 1 aliphatic rings. The van der Waals surface area contributed by atoms with Gasteiger partial charge in [-0.15, -0.1) is 0 Å². The average molecular weight is 378 g/mol. The summed E-state index contributed by atoms with van der Waals surface area (Å²) in [6.45, 7) is 3.60. The summed E-state index contributed by atoms with van der Waals surface area (Å²) in [6, 6.07) is 9.71. The Balaban J connectivity index is 1.57. The minimum atomic E-state index is -0.0651. The molecule has 0 aromatic carbocycles. The van der Waals surface area contributed by atoms with Crippen LogP contribution >= 0.6 is 0 Å². The van der Waals surface area contributed by atoms with E-state index in [0.717, 1.165) is 43.7 Å². The van der Waals surface area contributed by atoms with Crippen LogP contribution in [0.5, 0.6) is 0 Å².